The van der Waals surface area contributed by atoms with E-state index in [0.29, 0.717) is 6.54 Å². The summed E-state index contributed by atoms with van der Waals surface area (Å²) in [6.45, 7) is 3.69. The van der Waals surface area contributed by atoms with E-state index in [1.807, 2.05) is 25.1 Å². The van der Waals surface area contributed by atoms with Crippen LogP contribution in [0.5, 0.6) is 0 Å². The Morgan fingerprint density at radius 2 is 2.07 bits per heavy atom. The van der Waals surface area contributed by atoms with Gasteiger partial charge in [0.1, 0.15) is 0 Å². The maximum Gasteiger partial charge on any atom is 0.0682 e. The van der Waals surface area contributed by atoms with Gasteiger partial charge in [-0.1, -0.05) is 6.07 Å². The van der Waals surface area contributed by atoms with E-state index < -0.39 is 0 Å². The summed E-state index contributed by atoms with van der Waals surface area (Å²) in [5, 5.41) is 17.9. The van der Waals surface area contributed by atoms with Crippen LogP contribution in [0.25, 0.3) is 0 Å². The van der Waals surface area contributed by atoms with Gasteiger partial charge >= 0.3 is 0 Å². The van der Waals surface area contributed by atoms with Gasteiger partial charge in [0.05, 0.1) is 18.9 Å². The number of likely N-dealkylation sites (N-methyl/N-ethyl adjacent to an activating group) is 1. The van der Waals surface area contributed by atoms with Crippen LogP contribution in [0.1, 0.15) is 12.5 Å². The van der Waals surface area contributed by atoms with Gasteiger partial charge in [0.2, 0.25) is 0 Å². The molecule has 2 N–H and O–H groups in total. The van der Waals surface area contributed by atoms with Crippen molar-refractivity contribution >= 4 is 21.6 Å². The van der Waals surface area contributed by atoms with Crippen molar-refractivity contribution in [1.29, 1.82) is 0 Å². The summed E-state index contributed by atoms with van der Waals surface area (Å²) >= 11 is 3.46. The fourth-order valence-corrected chi connectivity index (χ4v) is 2.15. The molecule has 0 saturated carbocycles. The number of benzene rings is 1. The van der Waals surface area contributed by atoms with Crippen molar-refractivity contribution in [3.8, 4) is 0 Å². The van der Waals surface area contributed by atoms with Crippen LogP contribution in [-0.2, 0) is 6.61 Å². The molecule has 15 heavy (non-hydrogen) atoms. The highest BCUT2D eigenvalue weighted by Crippen LogP contribution is 2.27. The van der Waals surface area contributed by atoms with Crippen LogP contribution in [0, 0.1) is 0 Å². The average Bonchev–Trinajstić information content (AvgIpc) is 2.26. The van der Waals surface area contributed by atoms with Gasteiger partial charge in [0.25, 0.3) is 0 Å². The summed E-state index contributed by atoms with van der Waals surface area (Å²) in [5.41, 5.74) is 1.93. The minimum Gasteiger partial charge on any atom is -0.395 e. The Kier molecular flexibility index (Phi) is 5.08. The number of aliphatic hydroxyl groups is 2. The zero-order chi connectivity index (χ0) is 11.3. The van der Waals surface area contributed by atoms with E-state index in [2.05, 4.69) is 20.8 Å². The van der Waals surface area contributed by atoms with Crippen LogP contribution in [-0.4, -0.2) is 29.9 Å². The molecule has 4 heteroatoms. The minimum absolute atomic E-state index is 0.0466. The van der Waals surface area contributed by atoms with E-state index >= 15 is 0 Å². The molecule has 0 aliphatic rings. The second-order valence-electron chi connectivity index (χ2n) is 3.25. The van der Waals surface area contributed by atoms with Crippen molar-refractivity contribution in [2.24, 2.45) is 0 Å². The lowest BCUT2D eigenvalue weighted by molar-refractivity contribution is 0.281. The molecule has 0 aliphatic carbocycles. The molecule has 0 bridgehead atoms. The Morgan fingerprint density at radius 3 is 2.53 bits per heavy atom. The van der Waals surface area contributed by atoms with Gasteiger partial charge in [-0.15, -0.1) is 0 Å². The van der Waals surface area contributed by atoms with Crippen molar-refractivity contribution in [2.75, 3.05) is 24.6 Å². The zero-order valence-electron chi connectivity index (χ0n) is 8.78. The lowest BCUT2D eigenvalue weighted by atomic mass is 10.2. The SMILES string of the molecule is CCN(CCO)c1ccc(CO)cc1Br. The van der Waals surface area contributed by atoms with Crippen molar-refractivity contribution < 1.29 is 10.2 Å². The zero-order valence-corrected chi connectivity index (χ0v) is 10.4. The average molecular weight is 274 g/mol. The molecule has 0 spiro atoms. The van der Waals surface area contributed by atoms with E-state index in [1.54, 1.807) is 0 Å². The van der Waals surface area contributed by atoms with Gasteiger partial charge in [0.15, 0.2) is 0 Å². The summed E-state index contributed by atoms with van der Waals surface area (Å²) in [4.78, 5) is 2.07. The summed E-state index contributed by atoms with van der Waals surface area (Å²) < 4.78 is 0.948. The summed E-state index contributed by atoms with van der Waals surface area (Å²) in [6.07, 6.45) is 0. The summed E-state index contributed by atoms with van der Waals surface area (Å²) in [7, 11) is 0. The molecular formula is C11H16BrNO2. The first kappa shape index (κ1) is 12.5. The van der Waals surface area contributed by atoms with E-state index in [4.69, 9.17) is 10.2 Å². The van der Waals surface area contributed by atoms with Gasteiger partial charge in [0, 0.05) is 17.6 Å². The fourth-order valence-electron chi connectivity index (χ4n) is 1.47. The molecule has 0 amide bonds. The second kappa shape index (κ2) is 6.10. The molecule has 1 aromatic carbocycles. The quantitative estimate of drug-likeness (QED) is 0.860. The molecule has 0 aromatic heterocycles. The summed E-state index contributed by atoms with van der Waals surface area (Å²) in [5.74, 6) is 0. The van der Waals surface area contributed by atoms with E-state index in [1.165, 1.54) is 0 Å². The molecule has 0 atom stereocenters. The largest absolute Gasteiger partial charge is 0.395 e. The number of nitrogens with zero attached hydrogens (tertiary/aromatic N) is 1. The molecule has 0 aliphatic heterocycles. The molecule has 1 aromatic rings. The van der Waals surface area contributed by atoms with Gasteiger partial charge in [-0.3, -0.25) is 0 Å². The Labute approximate surface area is 98.5 Å². The Bertz CT molecular complexity index is 317. The number of halogens is 1. The first-order valence-corrected chi connectivity index (χ1v) is 5.77. The first-order chi connectivity index (χ1) is 7.22. The van der Waals surface area contributed by atoms with Crippen LogP contribution in [0.4, 0.5) is 5.69 Å². The lowest BCUT2D eigenvalue weighted by Gasteiger charge is -2.23. The topological polar surface area (TPSA) is 43.7 Å². The van der Waals surface area contributed by atoms with Gasteiger partial charge < -0.3 is 15.1 Å². The van der Waals surface area contributed by atoms with E-state index in [9.17, 15) is 0 Å². The normalized spacial score (nSPS) is 10.4. The van der Waals surface area contributed by atoms with Crippen LogP contribution < -0.4 is 4.90 Å². The third kappa shape index (κ3) is 3.19. The smallest absolute Gasteiger partial charge is 0.0682 e. The molecule has 3 nitrogen and oxygen atoms in total. The number of hydrogen-bond donors (Lipinski definition) is 2. The maximum atomic E-state index is 8.98. The van der Waals surface area contributed by atoms with Gasteiger partial charge in [-0.2, -0.15) is 0 Å². The van der Waals surface area contributed by atoms with Gasteiger partial charge in [-0.05, 0) is 40.5 Å². The Morgan fingerprint density at radius 1 is 1.33 bits per heavy atom. The van der Waals surface area contributed by atoms with E-state index in [-0.39, 0.29) is 13.2 Å². The highest BCUT2D eigenvalue weighted by molar-refractivity contribution is 9.10. The van der Waals surface area contributed by atoms with Crippen molar-refractivity contribution in [3.05, 3.63) is 28.2 Å². The number of hydrogen-bond acceptors (Lipinski definition) is 3. The van der Waals surface area contributed by atoms with Crippen molar-refractivity contribution in [2.45, 2.75) is 13.5 Å². The molecule has 84 valence electrons. The lowest BCUT2D eigenvalue weighted by Crippen LogP contribution is -2.26. The van der Waals surface area contributed by atoms with Crippen LogP contribution in [0.3, 0.4) is 0 Å². The molecule has 1 rings (SSSR count). The minimum atomic E-state index is 0.0466. The predicted molar refractivity (Wildman–Crippen MR) is 65.0 cm³/mol. The fraction of sp³-hybridized carbons (Fsp3) is 0.455. The monoisotopic (exact) mass is 273 g/mol. The van der Waals surface area contributed by atoms with Crippen molar-refractivity contribution in [3.63, 3.8) is 0 Å². The molecule has 0 unspecified atom stereocenters. The molecule has 0 saturated heterocycles. The Hall–Kier alpha value is -0.580. The highest BCUT2D eigenvalue weighted by Gasteiger charge is 2.07. The summed E-state index contributed by atoms with van der Waals surface area (Å²) in [6, 6.07) is 5.74. The first-order valence-electron chi connectivity index (χ1n) is 4.98. The Balaban J connectivity index is 2.92. The molecule has 0 radical (unpaired) electrons. The van der Waals surface area contributed by atoms with Crippen LogP contribution >= 0.6 is 15.9 Å². The van der Waals surface area contributed by atoms with Crippen LogP contribution in [0.2, 0.25) is 0 Å². The molecular weight excluding hydrogens is 258 g/mol. The molecule has 0 fully saturated rings. The number of aliphatic hydroxyl groups excluding tert-OH is 2. The van der Waals surface area contributed by atoms with E-state index in [0.717, 1.165) is 22.3 Å². The highest BCUT2D eigenvalue weighted by atomic mass is 79.9. The third-order valence-electron chi connectivity index (χ3n) is 2.29. The number of rotatable bonds is 5. The molecule has 0 heterocycles. The standard InChI is InChI=1S/C11H16BrNO2/c1-2-13(5-6-14)11-4-3-9(8-15)7-10(11)12/h3-4,7,14-15H,2,5-6,8H2,1H3. The maximum absolute atomic E-state index is 8.98. The van der Waals surface area contributed by atoms with Crippen molar-refractivity contribution in [1.82, 2.24) is 0 Å². The predicted octanol–water partition coefficient (Wildman–Crippen LogP) is 1.76. The van der Waals surface area contributed by atoms with Gasteiger partial charge in [-0.25, -0.2) is 0 Å². The third-order valence-corrected chi connectivity index (χ3v) is 2.92. The number of anilines is 1. The second-order valence-corrected chi connectivity index (χ2v) is 4.10. The van der Waals surface area contributed by atoms with Crippen LogP contribution in [0.15, 0.2) is 22.7 Å².